The first kappa shape index (κ1) is 53.8. The molecule has 372 valence electrons. The molecule has 15 nitrogen and oxygen atoms in total. The van der Waals surface area contributed by atoms with Crippen LogP contribution >= 0.6 is 0 Å². The van der Waals surface area contributed by atoms with Gasteiger partial charge in [0.05, 0.1) is 129 Å². The Balaban J connectivity index is 0.699. The second-order valence-corrected chi connectivity index (χ2v) is 15.0. The number of carbonyl (C=O) groups is 2. The van der Waals surface area contributed by atoms with Crippen LogP contribution in [0.25, 0.3) is 11.1 Å². The van der Waals surface area contributed by atoms with Gasteiger partial charge in [0.25, 0.3) is 0 Å². The van der Waals surface area contributed by atoms with Crippen LogP contribution in [0.15, 0.2) is 97.1 Å². The minimum atomic E-state index is -4.48. The van der Waals surface area contributed by atoms with Gasteiger partial charge in [-0.15, -0.1) is 0 Å². The van der Waals surface area contributed by atoms with Gasteiger partial charge >= 0.3 is 18.2 Å². The summed E-state index contributed by atoms with van der Waals surface area (Å²) in [6.45, 7) is 8.11. The van der Waals surface area contributed by atoms with E-state index in [1.165, 1.54) is 40.5 Å². The largest absolute Gasteiger partial charge is 0.460 e. The van der Waals surface area contributed by atoms with Crippen LogP contribution in [0.5, 0.6) is 0 Å². The third-order valence-corrected chi connectivity index (χ3v) is 10.1. The first-order valence-electron chi connectivity index (χ1n) is 22.8. The molecule has 0 aromatic heterocycles. The highest BCUT2D eigenvalue weighted by atomic mass is 19.4. The van der Waals surface area contributed by atoms with Crippen LogP contribution in [0.3, 0.4) is 0 Å². The van der Waals surface area contributed by atoms with Crippen molar-refractivity contribution in [1.29, 1.82) is 0 Å². The topological polar surface area (TPSA) is 160 Å². The number of fused-ring (bicyclic) bond motifs is 3. The molecule has 0 fully saturated rings. The number of hydrogen-bond donors (Lipinski definition) is 2. The molecule has 0 atom stereocenters. The molecule has 0 unspecified atom stereocenters. The zero-order chi connectivity index (χ0) is 47.9. The van der Waals surface area contributed by atoms with Gasteiger partial charge in [-0.05, 0) is 59.0 Å². The summed E-state index contributed by atoms with van der Waals surface area (Å²) in [5.41, 5.74) is 4.65. The van der Waals surface area contributed by atoms with Gasteiger partial charge in [0.1, 0.15) is 13.2 Å². The number of ether oxygens (including phenoxy) is 11. The Kier molecular flexibility index (Phi) is 25.2. The van der Waals surface area contributed by atoms with E-state index in [-0.39, 0.29) is 37.0 Å². The number of esters is 1. The molecule has 4 aromatic carbocycles. The fourth-order valence-electron chi connectivity index (χ4n) is 6.85. The summed E-state index contributed by atoms with van der Waals surface area (Å²) in [4.78, 5) is 24.9. The standard InChI is InChI=1S/C50H63F3N2O13/c51-50(52,53)39-9-7-10-40(37-39)55-47-16-6-5-15-45(47)48(56)67-36-35-66-34-33-65-32-31-64-30-29-63-28-27-62-26-25-61-24-23-60-22-21-59-20-19-58-18-8-17-54-49(57)68-38-46-43-13-3-1-11-41(43)42-12-2-4-14-44(42)46/h1-7,9-16,37,46,55H,8,17-36,38H2,(H,54,57). The molecule has 0 heterocycles. The Bertz CT molecular complexity index is 2000. The molecule has 2 N–H and O–H groups in total. The van der Waals surface area contributed by atoms with E-state index in [0.29, 0.717) is 131 Å². The van der Waals surface area contributed by atoms with E-state index in [0.717, 1.165) is 12.1 Å². The van der Waals surface area contributed by atoms with Crippen LogP contribution in [0.2, 0.25) is 0 Å². The van der Waals surface area contributed by atoms with Gasteiger partial charge in [0.2, 0.25) is 0 Å². The molecule has 0 spiro atoms. The minimum absolute atomic E-state index is 0.00942. The molecule has 4 aromatic rings. The highest BCUT2D eigenvalue weighted by Crippen LogP contribution is 2.44. The van der Waals surface area contributed by atoms with E-state index < -0.39 is 23.8 Å². The van der Waals surface area contributed by atoms with E-state index in [1.54, 1.807) is 18.2 Å². The summed E-state index contributed by atoms with van der Waals surface area (Å²) in [7, 11) is 0. The second-order valence-electron chi connectivity index (χ2n) is 15.0. The zero-order valence-corrected chi connectivity index (χ0v) is 38.3. The first-order valence-corrected chi connectivity index (χ1v) is 22.8. The summed E-state index contributed by atoms with van der Waals surface area (Å²) in [5, 5.41) is 5.66. The number of benzene rings is 4. The number of nitrogens with one attached hydrogen (secondary N) is 2. The number of para-hydroxylation sites is 1. The maximum atomic E-state index is 13.1. The lowest BCUT2D eigenvalue weighted by Gasteiger charge is -2.14. The van der Waals surface area contributed by atoms with Crippen LogP contribution < -0.4 is 10.6 Å². The maximum absolute atomic E-state index is 13.1. The molecule has 0 saturated heterocycles. The Hall–Kier alpha value is -5.15. The van der Waals surface area contributed by atoms with Gasteiger partial charge in [-0.1, -0.05) is 66.7 Å². The fraction of sp³-hybridized carbons (Fsp3) is 0.480. The number of anilines is 2. The third kappa shape index (κ3) is 20.2. The first-order chi connectivity index (χ1) is 33.3. The Morgan fingerprint density at radius 2 is 0.926 bits per heavy atom. The molecule has 0 saturated carbocycles. The molecule has 18 heteroatoms. The predicted molar refractivity (Wildman–Crippen MR) is 247 cm³/mol. The molecule has 1 aliphatic rings. The van der Waals surface area contributed by atoms with Crippen LogP contribution in [0, 0.1) is 0 Å². The molecule has 0 bridgehead atoms. The maximum Gasteiger partial charge on any atom is 0.416 e. The van der Waals surface area contributed by atoms with Crippen molar-refractivity contribution >= 4 is 23.4 Å². The van der Waals surface area contributed by atoms with Crippen molar-refractivity contribution in [2.45, 2.75) is 18.5 Å². The predicted octanol–water partition coefficient (Wildman–Crippen LogP) is 7.68. The summed E-state index contributed by atoms with van der Waals surface area (Å²) in [5.74, 6) is -0.600. The summed E-state index contributed by atoms with van der Waals surface area (Å²) >= 11 is 0. The average Bonchev–Trinajstić information content (AvgIpc) is 3.66. The van der Waals surface area contributed by atoms with Crippen molar-refractivity contribution in [2.24, 2.45) is 0 Å². The fourth-order valence-corrected chi connectivity index (χ4v) is 6.85. The normalized spacial score (nSPS) is 12.2. The number of amides is 1. The number of carbonyl (C=O) groups excluding carboxylic acids is 2. The molecular weight excluding hydrogens is 894 g/mol. The van der Waals surface area contributed by atoms with Crippen molar-refractivity contribution in [3.05, 3.63) is 119 Å². The van der Waals surface area contributed by atoms with Crippen molar-refractivity contribution in [3.8, 4) is 11.1 Å². The molecule has 0 radical (unpaired) electrons. The van der Waals surface area contributed by atoms with Crippen LogP contribution in [0.1, 0.15) is 39.4 Å². The quantitative estimate of drug-likeness (QED) is 0.0338. The van der Waals surface area contributed by atoms with Crippen molar-refractivity contribution in [1.82, 2.24) is 5.32 Å². The smallest absolute Gasteiger partial charge is 0.416 e. The highest BCUT2D eigenvalue weighted by molar-refractivity contribution is 5.96. The molecule has 5 rings (SSSR count). The Morgan fingerprint density at radius 1 is 0.485 bits per heavy atom. The number of alkyl halides is 3. The van der Waals surface area contributed by atoms with E-state index in [4.69, 9.17) is 52.1 Å². The summed E-state index contributed by atoms with van der Waals surface area (Å²) in [6.07, 6.45) is -4.25. The Morgan fingerprint density at radius 3 is 1.43 bits per heavy atom. The lowest BCUT2D eigenvalue weighted by atomic mass is 9.98. The lowest BCUT2D eigenvalue weighted by molar-refractivity contribution is -0.137. The van der Waals surface area contributed by atoms with Crippen molar-refractivity contribution in [2.75, 3.05) is 144 Å². The van der Waals surface area contributed by atoms with Crippen LogP contribution in [0.4, 0.5) is 29.3 Å². The van der Waals surface area contributed by atoms with Crippen molar-refractivity contribution in [3.63, 3.8) is 0 Å². The summed E-state index contributed by atoms with van der Waals surface area (Å²) < 4.78 is 99.6. The molecular formula is C50H63F3N2O13. The van der Waals surface area contributed by atoms with Gasteiger partial charge in [-0.2, -0.15) is 13.2 Å². The van der Waals surface area contributed by atoms with E-state index in [1.807, 2.05) is 24.3 Å². The van der Waals surface area contributed by atoms with Gasteiger partial charge in [-0.25, -0.2) is 9.59 Å². The van der Waals surface area contributed by atoms with E-state index >= 15 is 0 Å². The number of alkyl carbamates (subject to hydrolysis) is 1. The van der Waals surface area contributed by atoms with Gasteiger partial charge in [0.15, 0.2) is 0 Å². The minimum Gasteiger partial charge on any atom is -0.460 e. The van der Waals surface area contributed by atoms with Crippen LogP contribution in [-0.4, -0.2) is 151 Å². The second kappa shape index (κ2) is 31.8. The zero-order valence-electron chi connectivity index (χ0n) is 38.3. The molecule has 68 heavy (non-hydrogen) atoms. The van der Waals surface area contributed by atoms with Gasteiger partial charge < -0.3 is 62.7 Å². The lowest BCUT2D eigenvalue weighted by Crippen LogP contribution is -2.27. The van der Waals surface area contributed by atoms with Gasteiger partial charge in [0, 0.05) is 24.8 Å². The number of rotatable bonds is 36. The van der Waals surface area contributed by atoms with Gasteiger partial charge in [-0.3, -0.25) is 0 Å². The molecule has 1 amide bonds. The molecule has 1 aliphatic carbocycles. The molecule has 0 aliphatic heterocycles. The summed E-state index contributed by atoms with van der Waals surface area (Å²) in [6, 6.07) is 27.6. The monoisotopic (exact) mass is 956 g/mol. The SMILES string of the molecule is O=C(NCCCOCCOCCOCCOCCOCCOCCOCCOCCOCCOC(=O)c1ccccc1Nc1cccc(C(F)(F)F)c1)OCC1c2ccccc2-c2ccccc21. The number of halogens is 3. The Labute approximate surface area is 395 Å². The average molecular weight is 957 g/mol. The van der Waals surface area contributed by atoms with Crippen LogP contribution in [-0.2, 0) is 58.3 Å². The number of hydrogen-bond acceptors (Lipinski definition) is 14. The van der Waals surface area contributed by atoms with E-state index in [2.05, 4.69) is 34.9 Å². The third-order valence-electron chi connectivity index (χ3n) is 10.1. The van der Waals surface area contributed by atoms with E-state index in [9.17, 15) is 22.8 Å². The van der Waals surface area contributed by atoms with Crippen molar-refractivity contribution < 1.29 is 74.9 Å². The highest BCUT2D eigenvalue weighted by Gasteiger charge is 2.31.